The summed E-state index contributed by atoms with van der Waals surface area (Å²) in [6.07, 6.45) is 0. The molecule has 21 heavy (non-hydrogen) atoms. The van der Waals surface area contributed by atoms with E-state index in [0.29, 0.717) is 17.1 Å². The monoisotopic (exact) mass is 412 g/mol. The molecule has 0 bridgehead atoms. The van der Waals surface area contributed by atoms with Crippen LogP contribution in [0, 0.1) is 13.8 Å². The fraction of sp³-hybridized carbons (Fsp3) is 0.133. The van der Waals surface area contributed by atoms with Crippen LogP contribution in [0.4, 0.5) is 0 Å². The van der Waals surface area contributed by atoms with Crippen LogP contribution >= 0.6 is 31.9 Å². The Hall–Kier alpha value is -1.53. The summed E-state index contributed by atoms with van der Waals surface area (Å²) in [7, 11) is 0. The van der Waals surface area contributed by atoms with E-state index in [-0.39, 0.29) is 5.84 Å². The van der Waals surface area contributed by atoms with E-state index in [1.807, 2.05) is 26.0 Å². The highest BCUT2D eigenvalue weighted by Crippen LogP contribution is 2.32. The molecule has 0 atom stereocenters. The van der Waals surface area contributed by atoms with Crippen molar-refractivity contribution in [1.82, 2.24) is 0 Å². The van der Waals surface area contributed by atoms with Crippen molar-refractivity contribution in [2.24, 2.45) is 10.9 Å². The van der Waals surface area contributed by atoms with E-state index < -0.39 is 0 Å². The van der Waals surface area contributed by atoms with Gasteiger partial charge in [-0.1, -0.05) is 37.0 Å². The smallest absolute Gasteiger partial charge is 0.173 e. The number of rotatable bonds is 3. The minimum absolute atomic E-state index is 0.00283. The first-order valence-corrected chi connectivity index (χ1v) is 7.73. The Morgan fingerprint density at radius 2 is 1.76 bits per heavy atom. The van der Waals surface area contributed by atoms with E-state index >= 15 is 0 Å². The highest BCUT2D eigenvalue weighted by atomic mass is 79.9. The molecule has 2 aromatic rings. The van der Waals surface area contributed by atoms with Crippen LogP contribution in [0.1, 0.15) is 16.7 Å². The Morgan fingerprint density at radius 3 is 2.33 bits per heavy atom. The molecule has 0 unspecified atom stereocenters. The summed E-state index contributed by atoms with van der Waals surface area (Å²) in [4.78, 5) is 0. The number of halogens is 2. The second kappa shape index (κ2) is 6.49. The first kappa shape index (κ1) is 15.9. The largest absolute Gasteiger partial charge is 0.457 e. The van der Waals surface area contributed by atoms with Gasteiger partial charge in [-0.2, -0.15) is 0 Å². The fourth-order valence-corrected chi connectivity index (χ4v) is 2.51. The second-order valence-electron chi connectivity index (χ2n) is 4.60. The van der Waals surface area contributed by atoms with Crippen LogP contribution in [-0.2, 0) is 0 Å². The van der Waals surface area contributed by atoms with E-state index in [4.69, 9.17) is 15.7 Å². The van der Waals surface area contributed by atoms with Gasteiger partial charge in [0.15, 0.2) is 5.84 Å². The van der Waals surface area contributed by atoms with Crippen LogP contribution in [0.2, 0.25) is 0 Å². The first-order valence-electron chi connectivity index (χ1n) is 6.14. The molecule has 0 saturated heterocycles. The Labute approximate surface area is 139 Å². The van der Waals surface area contributed by atoms with Crippen molar-refractivity contribution in [3.63, 3.8) is 0 Å². The van der Waals surface area contributed by atoms with E-state index in [9.17, 15) is 0 Å². The van der Waals surface area contributed by atoms with Crippen molar-refractivity contribution in [2.75, 3.05) is 0 Å². The topological polar surface area (TPSA) is 67.8 Å². The van der Waals surface area contributed by atoms with Gasteiger partial charge in [0, 0.05) is 8.95 Å². The van der Waals surface area contributed by atoms with Crippen LogP contribution in [0.15, 0.2) is 44.4 Å². The van der Waals surface area contributed by atoms with E-state index in [2.05, 4.69) is 37.0 Å². The van der Waals surface area contributed by atoms with E-state index in [1.165, 1.54) is 0 Å². The fourth-order valence-electron chi connectivity index (χ4n) is 1.94. The highest BCUT2D eigenvalue weighted by molar-refractivity contribution is 9.10. The van der Waals surface area contributed by atoms with Gasteiger partial charge in [0.25, 0.3) is 0 Å². The van der Waals surface area contributed by atoms with Gasteiger partial charge in [0.2, 0.25) is 0 Å². The molecule has 0 spiro atoms. The molecule has 0 aliphatic carbocycles. The lowest BCUT2D eigenvalue weighted by molar-refractivity contribution is 0.318. The summed E-state index contributed by atoms with van der Waals surface area (Å²) in [5.74, 6) is 1.21. The third kappa shape index (κ3) is 3.57. The van der Waals surface area contributed by atoms with E-state index in [1.54, 1.807) is 18.2 Å². The number of nitrogens with zero attached hydrogens (tertiary/aromatic N) is 1. The van der Waals surface area contributed by atoms with Gasteiger partial charge in [-0.05, 0) is 55.3 Å². The third-order valence-corrected chi connectivity index (χ3v) is 4.71. The van der Waals surface area contributed by atoms with Crippen LogP contribution in [-0.4, -0.2) is 11.0 Å². The van der Waals surface area contributed by atoms with E-state index in [0.717, 1.165) is 20.1 Å². The lowest BCUT2D eigenvalue weighted by atomic mass is 10.1. The van der Waals surface area contributed by atoms with Crippen molar-refractivity contribution in [3.8, 4) is 11.5 Å². The van der Waals surface area contributed by atoms with Crippen LogP contribution < -0.4 is 10.5 Å². The third-order valence-electron chi connectivity index (χ3n) is 2.97. The highest BCUT2D eigenvalue weighted by Gasteiger charge is 2.11. The molecule has 3 N–H and O–H groups in total. The maximum absolute atomic E-state index is 8.86. The summed E-state index contributed by atoms with van der Waals surface area (Å²) in [6.45, 7) is 3.99. The predicted molar refractivity (Wildman–Crippen MR) is 90.3 cm³/mol. The number of aryl methyl sites for hydroxylation is 2. The lowest BCUT2D eigenvalue weighted by Gasteiger charge is -2.13. The minimum Gasteiger partial charge on any atom is -0.457 e. The van der Waals surface area contributed by atoms with Crippen molar-refractivity contribution in [3.05, 3.63) is 56.0 Å². The maximum atomic E-state index is 8.86. The second-order valence-corrected chi connectivity index (χ2v) is 6.31. The van der Waals surface area contributed by atoms with Crippen molar-refractivity contribution in [2.45, 2.75) is 13.8 Å². The van der Waals surface area contributed by atoms with Gasteiger partial charge in [-0.25, -0.2) is 0 Å². The van der Waals surface area contributed by atoms with Crippen LogP contribution in [0.3, 0.4) is 0 Å². The number of hydrogen-bond donors (Lipinski definition) is 2. The molecule has 110 valence electrons. The van der Waals surface area contributed by atoms with Gasteiger partial charge in [0.05, 0.1) is 5.56 Å². The van der Waals surface area contributed by atoms with Crippen LogP contribution in [0.5, 0.6) is 11.5 Å². The first-order chi connectivity index (χ1) is 9.92. The molecule has 0 fully saturated rings. The predicted octanol–water partition coefficient (Wildman–Crippen LogP) is 4.72. The van der Waals surface area contributed by atoms with Crippen molar-refractivity contribution in [1.29, 1.82) is 0 Å². The zero-order valence-electron chi connectivity index (χ0n) is 11.5. The van der Waals surface area contributed by atoms with Crippen LogP contribution in [0.25, 0.3) is 0 Å². The Morgan fingerprint density at radius 1 is 1.14 bits per heavy atom. The number of nitrogens with two attached hydrogens (primary N) is 1. The van der Waals surface area contributed by atoms with Gasteiger partial charge < -0.3 is 15.7 Å². The molecule has 0 saturated carbocycles. The SMILES string of the molecule is Cc1cc(Oc2cc(Br)ccc2/C(N)=N/O)cc(C)c1Br. The molecule has 0 radical (unpaired) electrons. The Balaban J connectivity index is 2.46. The molecule has 4 nitrogen and oxygen atoms in total. The molecular formula is C15H14Br2N2O2. The Bertz CT molecular complexity index is 692. The van der Waals surface area contributed by atoms with Crippen molar-refractivity contribution >= 4 is 37.7 Å². The summed E-state index contributed by atoms with van der Waals surface area (Å²) < 4.78 is 7.81. The number of hydrogen-bond acceptors (Lipinski definition) is 3. The normalized spacial score (nSPS) is 11.5. The zero-order chi connectivity index (χ0) is 15.6. The van der Waals surface area contributed by atoms with Gasteiger partial charge in [0.1, 0.15) is 11.5 Å². The molecule has 0 amide bonds. The van der Waals surface area contributed by atoms with Gasteiger partial charge in [-0.3, -0.25) is 0 Å². The average Bonchev–Trinajstić information content (AvgIpc) is 2.44. The number of oxime groups is 1. The molecular weight excluding hydrogens is 400 g/mol. The van der Waals surface area contributed by atoms with Gasteiger partial charge >= 0.3 is 0 Å². The lowest BCUT2D eigenvalue weighted by Crippen LogP contribution is -2.14. The zero-order valence-corrected chi connectivity index (χ0v) is 14.7. The molecule has 2 rings (SSSR count). The molecule has 0 aliphatic heterocycles. The molecule has 0 aliphatic rings. The number of ether oxygens (including phenoxy) is 1. The summed E-state index contributed by atoms with van der Waals surface area (Å²) in [5.41, 5.74) is 8.36. The Kier molecular flexibility index (Phi) is 4.90. The standard InChI is InChI=1S/C15H14Br2N2O2/c1-8-5-11(6-9(2)14(8)17)21-13-7-10(16)3-4-12(13)15(18)19-20/h3-7,20H,1-2H3,(H2,18,19). The number of benzene rings is 2. The molecule has 2 aromatic carbocycles. The summed E-state index contributed by atoms with van der Waals surface area (Å²) in [6, 6.07) is 9.16. The average molecular weight is 414 g/mol. The number of amidine groups is 1. The van der Waals surface area contributed by atoms with Crippen molar-refractivity contribution < 1.29 is 9.94 Å². The molecule has 0 heterocycles. The minimum atomic E-state index is 0.00283. The maximum Gasteiger partial charge on any atom is 0.173 e. The quantitative estimate of drug-likeness (QED) is 0.331. The summed E-state index contributed by atoms with van der Waals surface area (Å²) >= 11 is 6.91. The summed E-state index contributed by atoms with van der Waals surface area (Å²) in [5, 5.41) is 11.9. The molecule has 6 heteroatoms. The molecule has 0 aromatic heterocycles. The van der Waals surface area contributed by atoms with Gasteiger partial charge in [-0.15, -0.1) is 0 Å².